The van der Waals surface area contributed by atoms with Gasteiger partial charge in [0, 0.05) is 64.2 Å². The Labute approximate surface area is 192 Å². The van der Waals surface area contributed by atoms with Crippen molar-refractivity contribution in [3.05, 3.63) is 11.8 Å². The summed E-state index contributed by atoms with van der Waals surface area (Å²) in [6, 6.07) is 2.78. The minimum atomic E-state index is 0.0845. The van der Waals surface area contributed by atoms with Crippen molar-refractivity contribution in [2.45, 2.75) is 77.3 Å². The van der Waals surface area contributed by atoms with Gasteiger partial charge in [-0.2, -0.15) is 5.10 Å². The van der Waals surface area contributed by atoms with E-state index < -0.39 is 0 Å². The Kier molecular flexibility index (Phi) is 8.19. The largest absolute Gasteiger partial charge is 0.356 e. The van der Waals surface area contributed by atoms with Crippen LogP contribution in [0.3, 0.4) is 0 Å². The van der Waals surface area contributed by atoms with E-state index in [1.807, 2.05) is 17.7 Å². The molecule has 1 aliphatic carbocycles. The van der Waals surface area contributed by atoms with Gasteiger partial charge < -0.3 is 10.2 Å². The zero-order valence-corrected chi connectivity index (χ0v) is 19.7. The lowest BCUT2D eigenvalue weighted by molar-refractivity contribution is -0.122. The number of fused-ring (bicyclic) bond motifs is 1. The minimum absolute atomic E-state index is 0.0845. The fourth-order valence-corrected chi connectivity index (χ4v) is 5.43. The molecule has 0 aromatic carbocycles. The highest BCUT2D eigenvalue weighted by molar-refractivity contribution is 5.93. The van der Waals surface area contributed by atoms with E-state index in [2.05, 4.69) is 20.2 Å². The molecule has 2 aliphatic heterocycles. The lowest BCUT2D eigenvalue weighted by Gasteiger charge is -2.40. The van der Waals surface area contributed by atoms with Crippen LogP contribution in [0.5, 0.6) is 0 Å². The molecule has 178 valence electrons. The SMILES string of the molecule is Cc1cc2n(n1)CCC(=O)N2CCCC(=O)NCCCN1CCN(C2CCCCC2)CC1. The van der Waals surface area contributed by atoms with E-state index in [1.165, 1.54) is 45.2 Å². The maximum atomic E-state index is 12.3. The first kappa shape index (κ1) is 23.2. The van der Waals surface area contributed by atoms with Crippen LogP contribution < -0.4 is 10.2 Å². The molecular formula is C24H40N6O2. The van der Waals surface area contributed by atoms with Crippen LogP contribution in [0.25, 0.3) is 0 Å². The fourth-order valence-electron chi connectivity index (χ4n) is 5.43. The third-order valence-corrected chi connectivity index (χ3v) is 7.25. The average Bonchev–Trinajstić information content (AvgIpc) is 3.20. The molecule has 1 N–H and O–H groups in total. The summed E-state index contributed by atoms with van der Waals surface area (Å²) in [4.78, 5) is 31.6. The van der Waals surface area contributed by atoms with E-state index >= 15 is 0 Å². The van der Waals surface area contributed by atoms with Gasteiger partial charge in [-0.25, -0.2) is 4.68 Å². The molecule has 2 amide bonds. The van der Waals surface area contributed by atoms with Gasteiger partial charge in [-0.05, 0) is 39.2 Å². The topological polar surface area (TPSA) is 73.7 Å². The van der Waals surface area contributed by atoms with Gasteiger partial charge in [0.05, 0.1) is 12.2 Å². The number of rotatable bonds is 9. The van der Waals surface area contributed by atoms with Crippen LogP contribution in [0.2, 0.25) is 0 Å². The molecular weight excluding hydrogens is 404 g/mol. The number of nitrogens with zero attached hydrogens (tertiary/aromatic N) is 5. The molecule has 1 aromatic heterocycles. The summed E-state index contributed by atoms with van der Waals surface area (Å²) in [5, 5.41) is 7.49. The third-order valence-electron chi connectivity index (χ3n) is 7.25. The van der Waals surface area contributed by atoms with E-state index in [1.54, 1.807) is 4.90 Å². The van der Waals surface area contributed by atoms with Crippen molar-refractivity contribution in [2.24, 2.45) is 0 Å². The molecule has 1 saturated heterocycles. The Bertz CT molecular complexity index is 765. The van der Waals surface area contributed by atoms with Crippen molar-refractivity contribution in [1.29, 1.82) is 0 Å². The number of hydrogen-bond donors (Lipinski definition) is 1. The molecule has 3 heterocycles. The Morgan fingerprint density at radius 2 is 1.84 bits per heavy atom. The molecule has 32 heavy (non-hydrogen) atoms. The van der Waals surface area contributed by atoms with E-state index in [0.717, 1.165) is 50.2 Å². The summed E-state index contributed by atoms with van der Waals surface area (Å²) in [5.41, 5.74) is 0.924. The summed E-state index contributed by atoms with van der Waals surface area (Å²) >= 11 is 0. The summed E-state index contributed by atoms with van der Waals surface area (Å²) in [6.45, 7) is 9.67. The highest BCUT2D eigenvalue weighted by Gasteiger charge is 2.26. The van der Waals surface area contributed by atoms with Gasteiger partial charge in [-0.3, -0.25) is 19.4 Å². The standard InChI is InChI=1S/C24H40N6O2/c1-20-19-23-29(24(32)10-14-30(23)26-20)13-5-9-22(31)25-11-6-12-27-15-17-28(18-16-27)21-7-3-2-4-8-21/h19,21H,2-18H2,1H3,(H,25,31). The normalized spacial score (nSPS) is 21.0. The van der Waals surface area contributed by atoms with Crippen molar-refractivity contribution in [1.82, 2.24) is 24.9 Å². The van der Waals surface area contributed by atoms with Crippen molar-refractivity contribution < 1.29 is 9.59 Å². The number of carbonyl (C=O) groups is 2. The molecule has 4 rings (SSSR count). The molecule has 3 aliphatic rings. The van der Waals surface area contributed by atoms with E-state index in [9.17, 15) is 9.59 Å². The first-order chi connectivity index (χ1) is 15.6. The van der Waals surface area contributed by atoms with Crippen molar-refractivity contribution in [2.75, 3.05) is 50.7 Å². The quantitative estimate of drug-likeness (QED) is 0.591. The smallest absolute Gasteiger partial charge is 0.229 e. The number of nitrogens with one attached hydrogen (secondary N) is 1. The highest BCUT2D eigenvalue weighted by atomic mass is 16.2. The van der Waals surface area contributed by atoms with Crippen LogP contribution in [0.15, 0.2) is 6.07 Å². The monoisotopic (exact) mass is 444 g/mol. The third kappa shape index (κ3) is 6.10. The average molecular weight is 445 g/mol. The Hall–Kier alpha value is -1.93. The zero-order chi connectivity index (χ0) is 22.3. The van der Waals surface area contributed by atoms with E-state index in [4.69, 9.17) is 0 Å². The summed E-state index contributed by atoms with van der Waals surface area (Å²) in [5.74, 6) is 1.07. The van der Waals surface area contributed by atoms with Gasteiger partial charge in [0.2, 0.25) is 11.8 Å². The predicted molar refractivity (Wildman–Crippen MR) is 126 cm³/mol. The van der Waals surface area contributed by atoms with Crippen LogP contribution in [-0.2, 0) is 16.1 Å². The fraction of sp³-hybridized carbons (Fsp3) is 0.792. The molecule has 1 aromatic rings. The van der Waals surface area contributed by atoms with Crippen molar-refractivity contribution in [3.8, 4) is 0 Å². The molecule has 0 atom stereocenters. The van der Waals surface area contributed by atoms with E-state index in [0.29, 0.717) is 32.4 Å². The maximum absolute atomic E-state index is 12.3. The number of carbonyl (C=O) groups excluding carboxylic acids is 2. The van der Waals surface area contributed by atoms with Gasteiger partial charge in [0.15, 0.2) is 0 Å². The Morgan fingerprint density at radius 1 is 1.06 bits per heavy atom. The molecule has 1 saturated carbocycles. The van der Waals surface area contributed by atoms with Crippen LogP contribution in [0.1, 0.15) is 63.5 Å². The minimum Gasteiger partial charge on any atom is -0.356 e. The van der Waals surface area contributed by atoms with Crippen LogP contribution in [0.4, 0.5) is 5.82 Å². The number of hydrogen-bond acceptors (Lipinski definition) is 5. The summed E-state index contributed by atoms with van der Waals surface area (Å²) in [6.07, 6.45) is 9.62. The molecule has 0 bridgehead atoms. The van der Waals surface area contributed by atoms with Crippen LogP contribution in [0, 0.1) is 6.92 Å². The maximum Gasteiger partial charge on any atom is 0.229 e. The second-order valence-corrected chi connectivity index (χ2v) is 9.64. The lowest BCUT2D eigenvalue weighted by Crippen LogP contribution is -2.51. The predicted octanol–water partition coefficient (Wildman–Crippen LogP) is 2.17. The second kappa shape index (κ2) is 11.3. The Morgan fingerprint density at radius 3 is 2.62 bits per heavy atom. The number of piperazine rings is 1. The lowest BCUT2D eigenvalue weighted by atomic mass is 9.94. The van der Waals surface area contributed by atoms with Crippen molar-refractivity contribution >= 4 is 17.6 Å². The van der Waals surface area contributed by atoms with Crippen LogP contribution >= 0.6 is 0 Å². The highest BCUT2D eigenvalue weighted by Crippen LogP contribution is 2.24. The first-order valence-electron chi connectivity index (χ1n) is 12.7. The molecule has 8 heteroatoms. The van der Waals surface area contributed by atoms with Gasteiger partial charge >= 0.3 is 0 Å². The molecule has 0 radical (unpaired) electrons. The van der Waals surface area contributed by atoms with E-state index in [-0.39, 0.29) is 11.8 Å². The van der Waals surface area contributed by atoms with Gasteiger partial charge in [0.1, 0.15) is 5.82 Å². The number of aryl methyl sites for hydroxylation is 2. The Balaban J connectivity index is 1.07. The summed E-state index contributed by atoms with van der Waals surface area (Å²) in [7, 11) is 0. The number of amides is 2. The molecule has 0 unspecified atom stereocenters. The van der Waals surface area contributed by atoms with Gasteiger partial charge in [0.25, 0.3) is 0 Å². The zero-order valence-electron chi connectivity index (χ0n) is 19.7. The van der Waals surface area contributed by atoms with Crippen LogP contribution in [-0.4, -0.2) is 83.2 Å². The number of anilines is 1. The van der Waals surface area contributed by atoms with Crippen molar-refractivity contribution in [3.63, 3.8) is 0 Å². The first-order valence-corrected chi connectivity index (χ1v) is 12.7. The van der Waals surface area contributed by atoms with Gasteiger partial charge in [-0.15, -0.1) is 0 Å². The van der Waals surface area contributed by atoms with Gasteiger partial charge in [-0.1, -0.05) is 19.3 Å². The summed E-state index contributed by atoms with van der Waals surface area (Å²) < 4.78 is 1.89. The second-order valence-electron chi connectivity index (χ2n) is 9.64. The molecule has 0 spiro atoms. The molecule has 8 nitrogen and oxygen atoms in total. The number of aromatic nitrogens is 2. The molecule has 2 fully saturated rings.